The lowest BCUT2D eigenvalue weighted by molar-refractivity contribution is 0.0716. The van der Waals surface area contributed by atoms with Crippen molar-refractivity contribution in [2.75, 3.05) is 6.54 Å². The maximum absolute atomic E-state index is 2.84. The summed E-state index contributed by atoms with van der Waals surface area (Å²) in [4.78, 5) is 2.84. The van der Waals surface area contributed by atoms with Crippen molar-refractivity contribution in [2.24, 2.45) is 5.92 Å². The van der Waals surface area contributed by atoms with Crippen molar-refractivity contribution >= 4 is 0 Å². The van der Waals surface area contributed by atoms with E-state index in [1.165, 1.54) is 51.5 Å². The van der Waals surface area contributed by atoms with Gasteiger partial charge in [-0.3, -0.25) is 4.90 Å². The van der Waals surface area contributed by atoms with E-state index in [4.69, 9.17) is 0 Å². The first-order valence-corrected chi connectivity index (χ1v) is 6.57. The number of piperidine rings is 1. The molecule has 2 unspecified atom stereocenters. The van der Waals surface area contributed by atoms with Gasteiger partial charge in [-0.25, -0.2) is 0 Å². The van der Waals surface area contributed by atoms with Gasteiger partial charge in [0.05, 0.1) is 0 Å². The van der Waals surface area contributed by atoms with E-state index >= 15 is 0 Å². The fourth-order valence-corrected chi connectivity index (χ4v) is 3.39. The minimum absolute atomic E-state index is 0.904. The third-order valence-electron chi connectivity index (χ3n) is 4.29. The van der Waals surface area contributed by atoms with Gasteiger partial charge in [0, 0.05) is 12.1 Å². The molecule has 0 N–H and O–H groups in total. The summed E-state index contributed by atoms with van der Waals surface area (Å²) in [5, 5.41) is 0. The second-order valence-corrected chi connectivity index (χ2v) is 5.37. The molecule has 1 aliphatic carbocycles. The van der Waals surface area contributed by atoms with Crippen LogP contribution in [-0.2, 0) is 0 Å². The molecule has 0 radical (unpaired) electrons. The van der Waals surface area contributed by atoms with Crippen LogP contribution in [0.1, 0.15) is 58.8 Å². The van der Waals surface area contributed by atoms with Crippen molar-refractivity contribution in [3.05, 3.63) is 0 Å². The first kappa shape index (κ1) is 10.5. The largest absolute Gasteiger partial charge is 0.297 e. The number of likely N-dealkylation sites (tertiary alicyclic amines) is 1. The Hall–Kier alpha value is -0.0400. The van der Waals surface area contributed by atoms with Gasteiger partial charge in [0.15, 0.2) is 0 Å². The highest BCUT2D eigenvalue weighted by Crippen LogP contribution is 2.32. The van der Waals surface area contributed by atoms with Crippen molar-refractivity contribution < 1.29 is 0 Å². The molecule has 1 nitrogen and oxygen atoms in total. The van der Waals surface area contributed by atoms with E-state index in [9.17, 15) is 0 Å². The third-order valence-corrected chi connectivity index (χ3v) is 4.29. The molecule has 1 saturated heterocycles. The zero-order valence-electron chi connectivity index (χ0n) is 9.84. The Labute approximate surface area is 88.9 Å². The predicted molar refractivity (Wildman–Crippen MR) is 61.4 cm³/mol. The maximum Gasteiger partial charge on any atom is 0.00981 e. The summed E-state index contributed by atoms with van der Waals surface area (Å²) in [6, 6.07) is 1.86. The van der Waals surface area contributed by atoms with Crippen molar-refractivity contribution in [1.82, 2.24) is 4.90 Å². The van der Waals surface area contributed by atoms with E-state index in [-0.39, 0.29) is 0 Å². The topological polar surface area (TPSA) is 3.24 Å². The quantitative estimate of drug-likeness (QED) is 0.652. The number of hydrogen-bond donors (Lipinski definition) is 0. The minimum Gasteiger partial charge on any atom is -0.297 e. The monoisotopic (exact) mass is 195 g/mol. The van der Waals surface area contributed by atoms with Crippen LogP contribution in [0.15, 0.2) is 0 Å². The maximum atomic E-state index is 2.84. The summed E-state index contributed by atoms with van der Waals surface area (Å²) in [5.74, 6) is 0.970. The molecule has 1 heterocycles. The summed E-state index contributed by atoms with van der Waals surface area (Å²) in [6.07, 6.45) is 10.2. The average Bonchev–Trinajstić information content (AvgIpc) is 2.70. The van der Waals surface area contributed by atoms with Crippen LogP contribution in [0.4, 0.5) is 0 Å². The summed E-state index contributed by atoms with van der Waals surface area (Å²) in [6.45, 7) is 6.17. The van der Waals surface area contributed by atoms with Gasteiger partial charge in [0.25, 0.3) is 0 Å². The fraction of sp³-hybridized carbons (Fsp3) is 1.00. The second kappa shape index (κ2) is 4.65. The Morgan fingerprint density at radius 1 is 1.14 bits per heavy atom. The zero-order valence-corrected chi connectivity index (χ0v) is 9.84. The first-order valence-electron chi connectivity index (χ1n) is 6.57. The first-order chi connectivity index (χ1) is 6.81. The molecule has 1 heteroatoms. The lowest BCUT2D eigenvalue weighted by Crippen LogP contribution is -2.46. The Bertz CT molecular complexity index is 172. The molecule has 1 saturated carbocycles. The number of rotatable bonds is 2. The number of nitrogens with zero attached hydrogens (tertiary/aromatic N) is 1. The number of hydrogen-bond acceptors (Lipinski definition) is 1. The van der Waals surface area contributed by atoms with Crippen LogP contribution in [-0.4, -0.2) is 23.5 Å². The van der Waals surface area contributed by atoms with Crippen LogP contribution in [0, 0.1) is 5.92 Å². The van der Waals surface area contributed by atoms with Gasteiger partial charge >= 0.3 is 0 Å². The van der Waals surface area contributed by atoms with Crippen LogP contribution >= 0.6 is 0 Å². The van der Waals surface area contributed by atoms with Crippen molar-refractivity contribution in [3.63, 3.8) is 0 Å². The van der Waals surface area contributed by atoms with Crippen LogP contribution in [0.2, 0.25) is 0 Å². The molecule has 82 valence electrons. The summed E-state index contributed by atoms with van der Waals surface area (Å²) >= 11 is 0. The lowest BCUT2D eigenvalue weighted by atomic mass is 9.89. The normalized spacial score (nSPS) is 36.4. The van der Waals surface area contributed by atoms with Gasteiger partial charge in [-0.15, -0.1) is 0 Å². The van der Waals surface area contributed by atoms with Gasteiger partial charge in [-0.05, 0) is 44.6 Å². The highest BCUT2D eigenvalue weighted by Gasteiger charge is 2.31. The molecule has 0 aromatic heterocycles. The molecule has 0 aromatic carbocycles. The van der Waals surface area contributed by atoms with E-state index in [1.54, 1.807) is 0 Å². The van der Waals surface area contributed by atoms with Crippen LogP contribution < -0.4 is 0 Å². The summed E-state index contributed by atoms with van der Waals surface area (Å²) in [7, 11) is 0. The van der Waals surface area contributed by atoms with E-state index < -0.39 is 0 Å². The summed E-state index contributed by atoms with van der Waals surface area (Å²) in [5.41, 5.74) is 0. The Kier molecular flexibility index (Phi) is 3.48. The van der Waals surface area contributed by atoms with E-state index in [0.29, 0.717) is 0 Å². The molecule has 14 heavy (non-hydrogen) atoms. The predicted octanol–water partition coefficient (Wildman–Crippen LogP) is 3.44. The molecule has 0 spiro atoms. The van der Waals surface area contributed by atoms with E-state index in [1.807, 2.05) is 0 Å². The highest BCUT2D eigenvalue weighted by atomic mass is 15.2. The highest BCUT2D eigenvalue weighted by molar-refractivity contribution is 4.86. The second-order valence-electron chi connectivity index (χ2n) is 5.37. The van der Waals surface area contributed by atoms with Crippen molar-refractivity contribution in [2.45, 2.75) is 70.9 Å². The third kappa shape index (κ3) is 2.13. The molecular formula is C13H25N. The molecule has 1 aliphatic heterocycles. The van der Waals surface area contributed by atoms with Crippen LogP contribution in [0.25, 0.3) is 0 Å². The average molecular weight is 195 g/mol. The molecule has 2 fully saturated rings. The van der Waals surface area contributed by atoms with E-state index in [2.05, 4.69) is 18.7 Å². The minimum atomic E-state index is 0.904. The Morgan fingerprint density at radius 2 is 1.86 bits per heavy atom. The molecule has 0 aromatic rings. The Morgan fingerprint density at radius 3 is 2.50 bits per heavy atom. The Balaban J connectivity index is 1.94. The van der Waals surface area contributed by atoms with Crippen LogP contribution in [0.3, 0.4) is 0 Å². The molecular weight excluding hydrogens is 170 g/mol. The van der Waals surface area contributed by atoms with Gasteiger partial charge in [-0.2, -0.15) is 0 Å². The molecule has 2 aliphatic rings. The smallest absolute Gasteiger partial charge is 0.00981 e. The SMILES string of the molecule is CCC1CC(C)CCN1C1CCCC1. The van der Waals surface area contributed by atoms with E-state index in [0.717, 1.165) is 18.0 Å². The zero-order chi connectivity index (χ0) is 9.97. The van der Waals surface area contributed by atoms with Gasteiger partial charge in [0.1, 0.15) is 0 Å². The van der Waals surface area contributed by atoms with Gasteiger partial charge < -0.3 is 0 Å². The van der Waals surface area contributed by atoms with Crippen LogP contribution in [0.5, 0.6) is 0 Å². The molecule has 2 rings (SSSR count). The van der Waals surface area contributed by atoms with Crippen molar-refractivity contribution in [1.29, 1.82) is 0 Å². The van der Waals surface area contributed by atoms with Gasteiger partial charge in [-0.1, -0.05) is 26.7 Å². The lowest BCUT2D eigenvalue weighted by Gasteiger charge is -2.42. The van der Waals surface area contributed by atoms with Crippen molar-refractivity contribution in [3.8, 4) is 0 Å². The fourth-order valence-electron chi connectivity index (χ4n) is 3.39. The summed E-state index contributed by atoms with van der Waals surface area (Å²) < 4.78 is 0. The molecule has 0 bridgehead atoms. The molecule has 2 atom stereocenters. The molecule has 0 amide bonds. The standard InChI is InChI=1S/C13H25N/c1-3-12-10-11(2)8-9-14(12)13-6-4-5-7-13/h11-13H,3-10H2,1-2H3. The van der Waals surface area contributed by atoms with Gasteiger partial charge in [0.2, 0.25) is 0 Å².